The first-order chi connectivity index (χ1) is 8.26. The first kappa shape index (κ1) is 12.0. The molecule has 0 saturated carbocycles. The maximum absolute atomic E-state index is 5.74. The number of hydrogen-bond donors (Lipinski definition) is 1. The van der Waals surface area contributed by atoms with Crippen LogP contribution in [0.4, 0.5) is 10.8 Å². The molecular weight excluding hydrogens is 232 g/mol. The zero-order valence-electron chi connectivity index (χ0n) is 10.1. The molecule has 0 aliphatic rings. The van der Waals surface area contributed by atoms with Crippen LogP contribution in [-0.2, 0) is 13.0 Å². The Morgan fingerprint density at radius 3 is 2.76 bits per heavy atom. The summed E-state index contributed by atoms with van der Waals surface area (Å²) in [4.78, 5) is 6.51. The minimum atomic E-state index is 0.528. The maximum Gasteiger partial charge on any atom is 0.209 e. The summed E-state index contributed by atoms with van der Waals surface area (Å²) in [5, 5.41) is 0.905. The number of rotatable bonds is 4. The van der Waals surface area contributed by atoms with Gasteiger partial charge in [-0.3, -0.25) is 0 Å². The summed E-state index contributed by atoms with van der Waals surface area (Å²) in [6.07, 6.45) is 0.864. The summed E-state index contributed by atoms with van der Waals surface area (Å²) >= 11 is 1.42. The highest BCUT2D eigenvalue weighted by Gasteiger charge is 2.12. The van der Waals surface area contributed by atoms with Crippen LogP contribution in [0.5, 0.6) is 0 Å². The summed E-state index contributed by atoms with van der Waals surface area (Å²) in [7, 11) is 1.99. The molecule has 2 N–H and O–H groups in total. The normalized spacial score (nSPS) is 10.5. The van der Waals surface area contributed by atoms with Crippen LogP contribution in [0.3, 0.4) is 0 Å². The lowest BCUT2D eigenvalue weighted by Gasteiger charge is -2.18. The van der Waals surface area contributed by atoms with E-state index in [1.165, 1.54) is 11.5 Å². The van der Waals surface area contributed by atoms with Crippen molar-refractivity contribution in [1.29, 1.82) is 0 Å². The molecule has 2 aromatic rings. The molecular formula is C12H16N4S. The fourth-order valence-corrected chi connectivity index (χ4v) is 2.36. The van der Waals surface area contributed by atoms with E-state index in [-0.39, 0.29) is 0 Å². The number of nitrogens with two attached hydrogens (primary N) is 1. The van der Waals surface area contributed by atoms with Gasteiger partial charge in [0.15, 0.2) is 0 Å². The molecule has 0 unspecified atom stereocenters. The van der Waals surface area contributed by atoms with E-state index in [1.807, 2.05) is 30.1 Å². The molecule has 5 heteroatoms. The average molecular weight is 248 g/mol. The number of aryl methyl sites for hydroxylation is 1. The molecule has 0 atom stereocenters. The number of para-hydroxylation sites is 1. The Morgan fingerprint density at radius 1 is 1.35 bits per heavy atom. The molecule has 1 aromatic heterocycles. The van der Waals surface area contributed by atoms with E-state index in [2.05, 4.69) is 22.3 Å². The van der Waals surface area contributed by atoms with Crippen molar-refractivity contribution >= 4 is 22.4 Å². The molecule has 2 rings (SSSR count). The largest absolute Gasteiger partial charge is 0.326 e. The zero-order valence-corrected chi connectivity index (χ0v) is 10.9. The van der Waals surface area contributed by atoms with E-state index < -0.39 is 0 Å². The average Bonchev–Trinajstić information content (AvgIpc) is 2.86. The molecule has 90 valence electrons. The van der Waals surface area contributed by atoms with Gasteiger partial charge < -0.3 is 10.6 Å². The van der Waals surface area contributed by atoms with Gasteiger partial charge in [-0.2, -0.15) is 4.37 Å². The number of anilines is 2. The third-order valence-electron chi connectivity index (χ3n) is 2.63. The molecule has 0 aliphatic carbocycles. The second-order valence-corrected chi connectivity index (χ2v) is 4.47. The lowest BCUT2D eigenvalue weighted by molar-refractivity contribution is 0.983. The van der Waals surface area contributed by atoms with Gasteiger partial charge in [-0.1, -0.05) is 25.1 Å². The highest BCUT2D eigenvalue weighted by molar-refractivity contribution is 7.09. The second kappa shape index (κ2) is 5.25. The Balaban J connectivity index is 2.32. The van der Waals surface area contributed by atoms with Gasteiger partial charge in [0.05, 0.1) is 0 Å². The first-order valence-electron chi connectivity index (χ1n) is 5.60. The van der Waals surface area contributed by atoms with Crippen molar-refractivity contribution in [3.8, 4) is 0 Å². The van der Waals surface area contributed by atoms with E-state index in [9.17, 15) is 0 Å². The monoisotopic (exact) mass is 248 g/mol. The molecule has 17 heavy (non-hydrogen) atoms. The van der Waals surface area contributed by atoms with Crippen LogP contribution < -0.4 is 10.6 Å². The van der Waals surface area contributed by atoms with Crippen molar-refractivity contribution < 1.29 is 0 Å². The molecule has 0 aliphatic heterocycles. The number of nitrogens with zero attached hydrogens (tertiary/aromatic N) is 3. The van der Waals surface area contributed by atoms with Crippen LogP contribution in [0.15, 0.2) is 24.3 Å². The van der Waals surface area contributed by atoms with Gasteiger partial charge in [0.25, 0.3) is 0 Å². The SMILES string of the molecule is CCc1nsc(N(C)c2ccccc2CN)n1. The van der Waals surface area contributed by atoms with Gasteiger partial charge in [-0.25, -0.2) is 4.98 Å². The topological polar surface area (TPSA) is 55.0 Å². The van der Waals surface area contributed by atoms with Crippen LogP contribution in [0.25, 0.3) is 0 Å². The van der Waals surface area contributed by atoms with Crippen LogP contribution in [0.1, 0.15) is 18.3 Å². The molecule has 4 nitrogen and oxygen atoms in total. The van der Waals surface area contributed by atoms with E-state index in [0.29, 0.717) is 6.54 Å². The first-order valence-corrected chi connectivity index (χ1v) is 6.38. The second-order valence-electron chi connectivity index (χ2n) is 3.74. The molecule has 0 radical (unpaired) electrons. The van der Waals surface area contributed by atoms with E-state index in [0.717, 1.165) is 28.6 Å². The predicted octanol–water partition coefficient (Wildman–Crippen LogP) is 2.33. The van der Waals surface area contributed by atoms with Crippen LogP contribution in [-0.4, -0.2) is 16.4 Å². The molecule has 0 amide bonds. The Bertz CT molecular complexity index is 495. The van der Waals surface area contributed by atoms with Crippen molar-refractivity contribution in [2.24, 2.45) is 5.73 Å². The predicted molar refractivity (Wildman–Crippen MR) is 71.7 cm³/mol. The van der Waals surface area contributed by atoms with Crippen LogP contribution >= 0.6 is 11.5 Å². The van der Waals surface area contributed by atoms with Gasteiger partial charge in [-0.05, 0) is 11.6 Å². The molecule has 0 bridgehead atoms. The lowest BCUT2D eigenvalue weighted by atomic mass is 10.1. The van der Waals surface area contributed by atoms with Crippen LogP contribution in [0.2, 0.25) is 0 Å². The molecule has 1 aromatic carbocycles. The van der Waals surface area contributed by atoms with Crippen molar-refractivity contribution in [3.05, 3.63) is 35.7 Å². The lowest BCUT2D eigenvalue weighted by Crippen LogP contribution is -2.13. The zero-order chi connectivity index (χ0) is 12.3. The summed E-state index contributed by atoms with van der Waals surface area (Å²) in [5.41, 5.74) is 7.94. The number of aromatic nitrogens is 2. The molecule has 0 fully saturated rings. The Labute approximate surface area is 105 Å². The fourth-order valence-electron chi connectivity index (χ4n) is 1.64. The highest BCUT2D eigenvalue weighted by atomic mass is 32.1. The van der Waals surface area contributed by atoms with Gasteiger partial charge in [0, 0.05) is 37.2 Å². The fraction of sp³-hybridized carbons (Fsp3) is 0.333. The Hall–Kier alpha value is -1.46. The molecule has 0 spiro atoms. The highest BCUT2D eigenvalue weighted by Crippen LogP contribution is 2.27. The van der Waals surface area contributed by atoms with E-state index >= 15 is 0 Å². The number of hydrogen-bond acceptors (Lipinski definition) is 5. The van der Waals surface area contributed by atoms with Crippen molar-refractivity contribution in [3.63, 3.8) is 0 Å². The Morgan fingerprint density at radius 2 is 2.12 bits per heavy atom. The third kappa shape index (κ3) is 2.45. The Kier molecular flexibility index (Phi) is 3.71. The van der Waals surface area contributed by atoms with Crippen LogP contribution in [0, 0.1) is 0 Å². The van der Waals surface area contributed by atoms with E-state index in [1.54, 1.807) is 0 Å². The van der Waals surface area contributed by atoms with E-state index in [4.69, 9.17) is 5.73 Å². The van der Waals surface area contributed by atoms with Crippen molar-refractivity contribution in [2.75, 3.05) is 11.9 Å². The minimum Gasteiger partial charge on any atom is -0.326 e. The smallest absolute Gasteiger partial charge is 0.209 e. The van der Waals surface area contributed by atoms with Gasteiger partial charge in [-0.15, -0.1) is 0 Å². The third-order valence-corrected chi connectivity index (χ3v) is 3.46. The summed E-state index contributed by atoms with van der Waals surface area (Å²) in [6.45, 7) is 2.58. The quantitative estimate of drug-likeness (QED) is 0.902. The molecule has 1 heterocycles. The van der Waals surface area contributed by atoms with Gasteiger partial charge in [0.2, 0.25) is 5.13 Å². The minimum absolute atomic E-state index is 0.528. The molecule has 0 saturated heterocycles. The van der Waals surface area contributed by atoms with Gasteiger partial charge >= 0.3 is 0 Å². The maximum atomic E-state index is 5.74. The summed E-state index contributed by atoms with van der Waals surface area (Å²) in [6, 6.07) is 8.09. The van der Waals surface area contributed by atoms with Crippen molar-refractivity contribution in [2.45, 2.75) is 19.9 Å². The van der Waals surface area contributed by atoms with Crippen molar-refractivity contribution in [1.82, 2.24) is 9.36 Å². The number of benzene rings is 1. The van der Waals surface area contributed by atoms with Gasteiger partial charge in [0.1, 0.15) is 5.82 Å². The summed E-state index contributed by atoms with van der Waals surface area (Å²) < 4.78 is 4.29. The summed E-state index contributed by atoms with van der Waals surface area (Å²) in [5.74, 6) is 0.891. The standard InChI is InChI=1S/C12H16N4S/c1-3-11-14-12(17-15-11)16(2)10-7-5-4-6-9(10)8-13/h4-7H,3,8,13H2,1-2H3.